The van der Waals surface area contributed by atoms with E-state index in [0.717, 1.165) is 22.6 Å². The summed E-state index contributed by atoms with van der Waals surface area (Å²) in [4.78, 5) is 8.22. The van der Waals surface area contributed by atoms with Gasteiger partial charge in [-0.15, -0.1) is 0 Å². The van der Waals surface area contributed by atoms with Crippen molar-refractivity contribution in [2.24, 2.45) is 0 Å². The molecule has 0 bridgehead atoms. The van der Waals surface area contributed by atoms with E-state index in [-0.39, 0.29) is 5.95 Å². The zero-order valence-corrected chi connectivity index (χ0v) is 8.42. The summed E-state index contributed by atoms with van der Waals surface area (Å²) < 4.78 is 5.48. The third-order valence-corrected chi connectivity index (χ3v) is 2.42. The topological polar surface area (TPSA) is 61.0 Å². The van der Waals surface area contributed by atoms with Crippen LogP contribution in [0.2, 0.25) is 0 Å². The molecule has 0 unspecified atom stereocenters. The van der Waals surface area contributed by atoms with Crippen molar-refractivity contribution in [3.05, 3.63) is 42.3 Å². The van der Waals surface area contributed by atoms with Crippen LogP contribution in [-0.4, -0.2) is 9.97 Å². The molecule has 1 aromatic heterocycles. The van der Waals surface area contributed by atoms with E-state index in [4.69, 9.17) is 10.5 Å². The molecule has 0 saturated carbocycles. The Bertz CT molecular complexity index is 578. The highest BCUT2D eigenvalue weighted by Gasteiger charge is 2.13. The van der Waals surface area contributed by atoms with Gasteiger partial charge in [-0.2, -0.15) is 0 Å². The summed E-state index contributed by atoms with van der Waals surface area (Å²) in [5.41, 5.74) is 8.23. The summed E-state index contributed by atoms with van der Waals surface area (Å²) in [6, 6.07) is 7.71. The van der Waals surface area contributed by atoms with E-state index < -0.39 is 0 Å². The molecule has 2 heterocycles. The molecule has 0 aliphatic carbocycles. The predicted octanol–water partition coefficient (Wildman–Crippen LogP) is 2.09. The standard InChI is InChI=1S/C12H9N3O/c13-12-14-7-8-5-6-16-10-4-2-1-3-9(10)11(8)15-12/h1-7H,(H2,13,14,15). The molecule has 0 spiro atoms. The summed E-state index contributed by atoms with van der Waals surface area (Å²) in [6.45, 7) is 0. The minimum absolute atomic E-state index is 0.267. The first-order valence-corrected chi connectivity index (χ1v) is 4.90. The Labute approximate surface area is 92.4 Å². The number of aromatic nitrogens is 2. The van der Waals surface area contributed by atoms with Gasteiger partial charge in [-0.1, -0.05) is 12.1 Å². The van der Waals surface area contributed by atoms with Crippen molar-refractivity contribution < 1.29 is 4.74 Å². The van der Waals surface area contributed by atoms with Crippen LogP contribution in [0.25, 0.3) is 17.3 Å². The van der Waals surface area contributed by atoms with Crippen molar-refractivity contribution in [2.75, 3.05) is 5.73 Å². The molecule has 3 rings (SSSR count). The quantitative estimate of drug-likeness (QED) is 0.724. The van der Waals surface area contributed by atoms with Gasteiger partial charge >= 0.3 is 0 Å². The molecule has 2 aromatic rings. The minimum atomic E-state index is 0.267. The van der Waals surface area contributed by atoms with Crippen LogP contribution in [0.4, 0.5) is 5.95 Å². The number of ether oxygens (including phenoxy) is 1. The second-order valence-corrected chi connectivity index (χ2v) is 3.45. The molecular formula is C12H9N3O. The Morgan fingerprint density at radius 2 is 2.06 bits per heavy atom. The second-order valence-electron chi connectivity index (χ2n) is 3.45. The van der Waals surface area contributed by atoms with Crippen molar-refractivity contribution in [2.45, 2.75) is 0 Å². The van der Waals surface area contributed by atoms with Crippen LogP contribution >= 0.6 is 0 Å². The first kappa shape index (κ1) is 8.91. The number of nitrogens with zero attached hydrogens (tertiary/aromatic N) is 2. The van der Waals surface area contributed by atoms with Gasteiger partial charge in [0.2, 0.25) is 5.95 Å². The third-order valence-electron chi connectivity index (χ3n) is 2.42. The first-order valence-electron chi connectivity index (χ1n) is 4.90. The monoisotopic (exact) mass is 211 g/mol. The number of hydrogen-bond acceptors (Lipinski definition) is 4. The van der Waals surface area contributed by atoms with Gasteiger partial charge < -0.3 is 10.5 Å². The molecule has 0 fully saturated rings. The SMILES string of the molecule is Nc1ncc2c(n1)-c1ccccc1OC=C2. The van der Waals surface area contributed by atoms with Gasteiger partial charge in [0.05, 0.1) is 12.0 Å². The highest BCUT2D eigenvalue weighted by molar-refractivity contribution is 5.77. The largest absolute Gasteiger partial charge is 0.464 e. The summed E-state index contributed by atoms with van der Waals surface area (Å²) in [5.74, 6) is 1.04. The molecule has 4 heteroatoms. The van der Waals surface area contributed by atoms with Gasteiger partial charge in [-0.05, 0) is 18.2 Å². The van der Waals surface area contributed by atoms with Crippen molar-refractivity contribution in [3.8, 4) is 17.0 Å². The Hall–Kier alpha value is -2.36. The van der Waals surface area contributed by atoms with Gasteiger partial charge in [0.25, 0.3) is 0 Å². The fraction of sp³-hybridized carbons (Fsp3) is 0. The van der Waals surface area contributed by atoms with Crippen LogP contribution in [-0.2, 0) is 0 Å². The molecule has 78 valence electrons. The van der Waals surface area contributed by atoms with E-state index in [2.05, 4.69) is 9.97 Å². The first-order chi connectivity index (χ1) is 7.84. The van der Waals surface area contributed by atoms with Crippen molar-refractivity contribution in [1.82, 2.24) is 9.97 Å². The fourth-order valence-corrected chi connectivity index (χ4v) is 1.69. The van der Waals surface area contributed by atoms with Gasteiger partial charge in [-0.3, -0.25) is 0 Å². The van der Waals surface area contributed by atoms with E-state index in [9.17, 15) is 0 Å². The fourth-order valence-electron chi connectivity index (χ4n) is 1.69. The molecule has 0 saturated heterocycles. The third kappa shape index (κ3) is 1.32. The summed E-state index contributed by atoms with van der Waals surface area (Å²) in [5, 5.41) is 0. The lowest BCUT2D eigenvalue weighted by atomic mass is 10.1. The zero-order chi connectivity index (χ0) is 11.0. The van der Waals surface area contributed by atoms with Crippen molar-refractivity contribution in [1.29, 1.82) is 0 Å². The summed E-state index contributed by atoms with van der Waals surface area (Å²) in [6.07, 6.45) is 5.15. The molecule has 1 aromatic carbocycles. The van der Waals surface area contributed by atoms with Crippen LogP contribution in [0.5, 0.6) is 5.75 Å². The van der Waals surface area contributed by atoms with E-state index >= 15 is 0 Å². The van der Waals surface area contributed by atoms with Crippen molar-refractivity contribution >= 4 is 12.0 Å². The second kappa shape index (κ2) is 3.34. The lowest BCUT2D eigenvalue weighted by Gasteiger charge is -2.06. The average Bonchev–Trinajstić information content (AvgIpc) is 2.48. The molecule has 2 N–H and O–H groups in total. The number of rotatable bonds is 0. The molecule has 1 aliphatic heterocycles. The zero-order valence-electron chi connectivity index (χ0n) is 8.42. The van der Waals surface area contributed by atoms with Crippen LogP contribution in [0, 0.1) is 0 Å². The molecule has 0 radical (unpaired) electrons. The van der Waals surface area contributed by atoms with Crippen molar-refractivity contribution in [3.63, 3.8) is 0 Å². The van der Waals surface area contributed by atoms with E-state index in [1.165, 1.54) is 0 Å². The lowest BCUT2D eigenvalue weighted by Crippen LogP contribution is -1.97. The van der Waals surface area contributed by atoms with Crippen LogP contribution < -0.4 is 10.5 Å². The van der Waals surface area contributed by atoms with Crippen LogP contribution in [0.15, 0.2) is 36.7 Å². The summed E-state index contributed by atoms with van der Waals surface area (Å²) in [7, 11) is 0. The number of fused-ring (bicyclic) bond motifs is 3. The number of nitrogen functional groups attached to an aromatic ring is 1. The Balaban J connectivity index is 2.33. The van der Waals surface area contributed by atoms with E-state index in [1.807, 2.05) is 30.3 Å². The molecule has 16 heavy (non-hydrogen) atoms. The number of benzene rings is 1. The maximum absolute atomic E-state index is 5.60. The van der Waals surface area contributed by atoms with Gasteiger partial charge in [0, 0.05) is 17.3 Å². The summed E-state index contributed by atoms with van der Waals surface area (Å²) >= 11 is 0. The molecule has 0 amide bonds. The van der Waals surface area contributed by atoms with Gasteiger partial charge in [0.1, 0.15) is 5.75 Å². The number of nitrogens with two attached hydrogens (primary N) is 1. The number of hydrogen-bond donors (Lipinski definition) is 1. The normalized spacial score (nSPS) is 12.2. The lowest BCUT2D eigenvalue weighted by molar-refractivity contribution is 0.488. The van der Waals surface area contributed by atoms with Gasteiger partial charge in [0.15, 0.2) is 0 Å². The smallest absolute Gasteiger partial charge is 0.220 e. The minimum Gasteiger partial charge on any atom is -0.464 e. The Morgan fingerprint density at radius 1 is 1.19 bits per heavy atom. The van der Waals surface area contributed by atoms with E-state index in [0.29, 0.717) is 0 Å². The maximum atomic E-state index is 5.60. The average molecular weight is 211 g/mol. The molecule has 4 nitrogen and oxygen atoms in total. The molecule has 1 aliphatic rings. The highest BCUT2D eigenvalue weighted by Crippen LogP contribution is 2.33. The molecule has 0 atom stereocenters. The maximum Gasteiger partial charge on any atom is 0.220 e. The number of anilines is 1. The van der Waals surface area contributed by atoms with E-state index in [1.54, 1.807) is 12.5 Å². The predicted molar refractivity (Wildman–Crippen MR) is 61.5 cm³/mol. The molecular weight excluding hydrogens is 202 g/mol. The Morgan fingerprint density at radius 3 is 3.00 bits per heavy atom. The number of para-hydroxylation sites is 1. The van der Waals surface area contributed by atoms with Crippen LogP contribution in [0.1, 0.15) is 5.56 Å². The van der Waals surface area contributed by atoms with Crippen LogP contribution in [0.3, 0.4) is 0 Å². The Kier molecular flexibility index (Phi) is 1.86. The highest BCUT2D eigenvalue weighted by atomic mass is 16.5. The van der Waals surface area contributed by atoms with Gasteiger partial charge in [-0.25, -0.2) is 9.97 Å².